The van der Waals surface area contributed by atoms with Crippen LogP contribution in [0.25, 0.3) is 0 Å². The van der Waals surface area contributed by atoms with Crippen molar-refractivity contribution in [2.24, 2.45) is 0 Å². The van der Waals surface area contributed by atoms with Crippen LogP contribution in [0.2, 0.25) is 0 Å². The fourth-order valence-corrected chi connectivity index (χ4v) is 2.45. The molecule has 0 bridgehead atoms. The predicted octanol–water partition coefficient (Wildman–Crippen LogP) is 2.81. The van der Waals surface area contributed by atoms with Crippen molar-refractivity contribution < 1.29 is 38.0 Å². The van der Waals surface area contributed by atoms with Crippen LogP contribution in [0, 0.1) is 0 Å². The molecule has 0 radical (unpaired) electrons. The number of nitrogens with one attached hydrogen (secondary N) is 1. The first-order valence-corrected chi connectivity index (χ1v) is 11.7. The summed E-state index contributed by atoms with van der Waals surface area (Å²) >= 11 is 0. The standard InChI is InChI=1S/C24H41NO8/c1-2-3-10-27-12-14-29-16-18-31-20-21-32-19-17-30-15-13-28-11-9-25-24(26)33-22-23-7-5-4-6-8-23/h4-8H,2-3,9-22H2,1H3,(H,25,26). The summed E-state index contributed by atoms with van der Waals surface area (Å²) < 4.78 is 37.6. The Morgan fingerprint density at radius 1 is 0.667 bits per heavy atom. The van der Waals surface area contributed by atoms with Crippen LogP contribution in [-0.4, -0.2) is 91.9 Å². The number of carbonyl (C=O) groups is 1. The van der Waals surface area contributed by atoms with E-state index in [1.165, 1.54) is 0 Å². The molecule has 1 amide bonds. The Bertz CT molecular complexity index is 547. The summed E-state index contributed by atoms with van der Waals surface area (Å²) in [5, 5.41) is 2.64. The molecule has 0 saturated carbocycles. The van der Waals surface area contributed by atoms with Gasteiger partial charge in [0.2, 0.25) is 0 Å². The van der Waals surface area contributed by atoms with Crippen LogP contribution in [0.15, 0.2) is 30.3 Å². The largest absolute Gasteiger partial charge is 0.445 e. The van der Waals surface area contributed by atoms with Gasteiger partial charge in [-0.1, -0.05) is 43.7 Å². The molecule has 0 fully saturated rings. The Morgan fingerprint density at radius 2 is 1.12 bits per heavy atom. The highest BCUT2D eigenvalue weighted by Crippen LogP contribution is 2.00. The molecule has 33 heavy (non-hydrogen) atoms. The first kappa shape index (κ1) is 29.3. The molecular weight excluding hydrogens is 430 g/mol. The van der Waals surface area contributed by atoms with Gasteiger partial charge >= 0.3 is 6.09 Å². The lowest BCUT2D eigenvalue weighted by atomic mass is 10.2. The van der Waals surface area contributed by atoms with Crippen LogP contribution < -0.4 is 5.32 Å². The topological polar surface area (TPSA) is 93.7 Å². The fraction of sp³-hybridized carbons (Fsp3) is 0.708. The van der Waals surface area contributed by atoms with E-state index >= 15 is 0 Å². The summed E-state index contributed by atoms with van der Waals surface area (Å²) in [7, 11) is 0. The number of alkyl carbamates (subject to hydrolysis) is 1. The molecule has 9 heteroatoms. The minimum absolute atomic E-state index is 0.249. The average molecular weight is 472 g/mol. The van der Waals surface area contributed by atoms with Crippen molar-refractivity contribution in [1.29, 1.82) is 0 Å². The number of carbonyl (C=O) groups excluding carboxylic acids is 1. The fourth-order valence-electron chi connectivity index (χ4n) is 2.45. The summed E-state index contributed by atoms with van der Waals surface area (Å²) in [5.41, 5.74) is 0.946. The lowest BCUT2D eigenvalue weighted by molar-refractivity contribution is -0.0166. The highest BCUT2D eigenvalue weighted by Gasteiger charge is 2.01. The predicted molar refractivity (Wildman–Crippen MR) is 124 cm³/mol. The van der Waals surface area contributed by atoms with Gasteiger partial charge in [0.1, 0.15) is 6.61 Å². The zero-order valence-corrected chi connectivity index (χ0v) is 20.0. The molecule has 1 rings (SSSR count). The van der Waals surface area contributed by atoms with E-state index in [1.54, 1.807) is 0 Å². The lowest BCUT2D eigenvalue weighted by Crippen LogP contribution is -2.28. The molecule has 1 N–H and O–H groups in total. The highest BCUT2D eigenvalue weighted by molar-refractivity contribution is 5.67. The minimum Gasteiger partial charge on any atom is -0.445 e. The van der Waals surface area contributed by atoms with E-state index in [4.69, 9.17) is 33.2 Å². The molecule has 0 aromatic heterocycles. The molecule has 0 saturated heterocycles. The van der Waals surface area contributed by atoms with Crippen LogP contribution in [0.5, 0.6) is 0 Å². The molecule has 0 heterocycles. The molecule has 0 atom stereocenters. The van der Waals surface area contributed by atoms with E-state index in [1.807, 2.05) is 30.3 Å². The van der Waals surface area contributed by atoms with Gasteiger partial charge in [-0.25, -0.2) is 4.79 Å². The summed E-state index contributed by atoms with van der Waals surface area (Å²) in [6, 6.07) is 9.53. The zero-order chi connectivity index (χ0) is 23.7. The third-order valence-corrected chi connectivity index (χ3v) is 4.23. The molecular formula is C24H41NO8. The Hall–Kier alpha value is -1.75. The van der Waals surface area contributed by atoms with Gasteiger partial charge in [-0.05, 0) is 12.0 Å². The van der Waals surface area contributed by atoms with Gasteiger partial charge in [0.25, 0.3) is 0 Å². The number of benzene rings is 1. The summed E-state index contributed by atoms with van der Waals surface area (Å²) in [4.78, 5) is 11.6. The normalized spacial score (nSPS) is 10.9. The molecule has 0 aliphatic carbocycles. The van der Waals surface area contributed by atoms with Gasteiger partial charge in [-0.15, -0.1) is 0 Å². The lowest BCUT2D eigenvalue weighted by Gasteiger charge is -2.09. The van der Waals surface area contributed by atoms with Crippen molar-refractivity contribution in [3.05, 3.63) is 35.9 Å². The quantitative estimate of drug-likeness (QED) is 0.244. The summed E-state index contributed by atoms with van der Waals surface area (Å²) in [5.74, 6) is 0. The Labute approximate surface area is 198 Å². The van der Waals surface area contributed by atoms with E-state index in [9.17, 15) is 4.79 Å². The highest BCUT2D eigenvalue weighted by atomic mass is 16.6. The van der Waals surface area contributed by atoms with Crippen molar-refractivity contribution in [2.75, 3.05) is 85.8 Å². The van der Waals surface area contributed by atoms with E-state index < -0.39 is 6.09 Å². The number of unbranched alkanes of at least 4 members (excludes halogenated alkanes) is 1. The van der Waals surface area contributed by atoms with Crippen LogP contribution in [0.3, 0.4) is 0 Å². The van der Waals surface area contributed by atoms with Crippen LogP contribution >= 0.6 is 0 Å². The maximum Gasteiger partial charge on any atom is 0.407 e. The number of amides is 1. The molecule has 0 unspecified atom stereocenters. The second-order valence-corrected chi connectivity index (χ2v) is 7.02. The maximum atomic E-state index is 11.6. The van der Waals surface area contributed by atoms with Gasteiger partial charge in [0, 0.05) is 13.2 Å². The monoisotopic (exact) mass is 471 g/mol. The first-order chi connectivity index (χ1) is 16.3. The van der Waals surface area contributed by atoms with Crippen molar-refractivity contribution in [2.45, 2.75) is 26.4 Å². The van der Waals surface area contributed by atoms with Crippen molar-refractivity contribution >= 4 is 6.09 Å². The number of ether oxygens (including phenoxy) is 7. The molecule has 1 aromatic carbocycles. The van der Waals surface area contributed by atoms with E-state index in [-0.39, 0.29) is 6.61 Å². The Kier molecular flexibility index (Phi) is 20.8. The second-order valence-electron chi connectivity index (χ2n) is 7.02. The Balaban J connectivity index is 1.70. The average Bonchev–Trinajstić information content (AvgIpc) is 2.84. The van der Waals surface area contributed by atoms with E-state index in [2.05, 4.69) is 12.2 Å². The summed E-state index contributed by atoms with van der Waals surface area (Å²) in [6.45, 7) is 9.28. The molecule has 0 aliphatic heterocycles. The third kappa shape index (κ3) is 20.6. The number of rotatable bonds is 23. The van der Waals surface area contributed by atoms with Gasteiger partial charge in [-0.2, -0.15) is 0 Å². The Morgan fingerprint density at radius 3 is 1.61 bits per heavy atom. The maximum absolute atomic E-state index is 11.6. The zero-order valence-electron chi connectivity index (χ0n) is 20.0. The van der Waals surface area contributed by atoms with Gasteiger partial charge in [-0.3, -0.25) is 0 Å². The van der Waals surface area contributed by atoms with Crippen LogP contribution in [0.1, 0.15) is 25.3 Å². The SMILES string of the molecule is CCCCOCCOCCOCCOCCOCCOCCNC(=O)OCc1ccccc1. The first-order valence-electron chi connectivity index (χ1n) is 11.7. The van der Waals surface area contributed by atoms with Crippen LogP contribution in [-0.2, 0) is 39.8 Å². The minimum atomic E-state index is -0.459. The van der Waals surface area contributed by atoms with Crippen molar-refractivity contribution in [1.82, 2.24) is 5.32 Å². The van der Waals surface area contributed by atoms with Gasteiger partial charge < -0.3 is 38.5 Å². The van der Waals surface area contributed by atoms with E-state index in [0.29, 0.717) is 79.2 Å². The number of hydrogen-bond donors (Lipinski definition) is 1. The molecule has 0 aliphatic rings. The van der Waals surface area contributed by atoms with Gasteiger partial charge in [0.05, 0.1) is 72.7 Å². The third-order valence-electron chi connectivity index (χ3n) is 4.23. The van der Waals surface area contributed by atoms with E-state index in [0.717, 1.165) is 25.0 Å². The molecule has 1 aromatic rings. The second kappa shape index (κ2) is 23.4. The molecule has 190 valence electrons. The van der Waals surface area contributed by atoms with Crippen molar-refractivity contribution in [3.63, 3.8) is 0 Å². The van der Waals surface area contributed by atoms with Gasteiger partial charge in [0.15, 0.2) is 0 Å². The van der Waals surface area contributed by atoms with Crippen LogP contribution in [0.4, 0.5) is 4.79 Å². The summed E-state index contributed by atoms with van der Waals surface area (Å²) in [6.07, 6.45) is 1.78. The molecule has 0 spiro atoms. The van der Waals surface area contributed by atoms with Crippen molar-refractivity contribution in [3.8, 4) is 0 Å². The smallest absolute Gasteiger partial charge is 0.407 e. The molecule has 9 nitrogen and oxygen atoms in total. The number of hydrogen-bond acceptors (Lipinski definition) is 8.